The summed E-state index contributed by atoms with van der Waals surface area (Å²) in [5.74, 6) is 1.72. The largest absolute Gasteiger partial charge is 0.351 e. The van der Waals surface area contributed by atoms with Crippen LogP contribution in [0.5, 0.6) is 0 Å². The zero-order chi connectivity index (χ0) is 25.4. The molecule has 0 spiro atoms. The summed E-state index contributed by atoms with van der Waals surface area (Å²) in [6.07, 6.45) is 12.8. The normalized spacial score (nSPS) is 35.9. The number of para-hydroxylation sites is 1. The smallest absolute Gasteiger partial charge is 0.176 e. The van der Waals surface area contributed by atoms with Crippen molar-refractivity contribution in [1.82, 2.24) is 0 Å². The Morgan fingerprint density at radius 1 is 0.946 bits per heavy atom. The molecule has 4 saturated carbocycles. The number of carbonyl (C=O) groups is 1. The van der Waals surface area contributed by atoms with E-state index in [1.165, 1.54) is 19.3 Å². The summed E-state index contributed by atoms with van der Waals surface area (Å²) in [4.78, 5) is 18.4. The van der Waals surface area contributed by atoms with E-state index < -0.39 is 23.4 Å². The van der Waals surface area contributed by atoms with Gasteiger partial charge in [0.1, 0.15) is 0 Å². The Morgan fingerprint density at radius 2 is 1.57 bits per heavy atom. The number of thioether (sulfide) groups is 1. The monoisotopic (exact) mass is 505 g/mol. The zero-order valence-corrected chi connectivity index (χ0v) is 22.0. The van der Waals surface area contributed by atoms with E-state index in [9.17, 15) is 10.5 Å². The summed E-state index contributed by atoms with van der Waals surface area (Å²) >= 11 is 1.67. The summed E-state index contributed by atoms with van der Waals surface area (Å²) in [7, 11) is 0. The van der Waals surface area contributed by atoms with Crippen molar-refractivity contribution in [2.45, 2.75) is 61.4 Å². The molecule has 2 aromatic rings. The van der Waals surface area contributed by atoms with E-state index in [-0.39, 0.29) is 11.2 Å². The van der Waals surface area contributed by atoms with Crippen molar-refractivity contribution in [2.75, 3.05) is 11.2 Å². The molecular weight excluding hydrogens is 474 g/mol. The van der Waals surface area contributed by atoms with E-state index in [2.05, 4.69) is 41.3 Å². The Bertz CT molecular complexity index is 1330. The van der Waals surface area contributed by atoms with Gasteiger partial charge in [-0.2, -0.15) is 10.5 Å². The van der Waals surface area contributed by atoms with Crippen molar-refractivity contribution in [2.24, 2.45) is 28.6 Å². The highest BCUT2D eigenvalue weighted by atomic mass is 32.2. The molecule has 0 unspecified atom stereocenters. The van der Waals surface area contributed by atoms with Crippen molar-refractivity contribution in [3.8, 4) is 12.1 Å². The fraction of sp³-hybridized carbons (Fsp3) is 0.469. The summed E-state index contributed by atoms with van der Waals surface area (Å²) in [5.41, 5.74) is 1.26. The van der Waals surface area contributed by atoms with Gasteiger partial charge in [-0.15, -0.1) is 11.8 Å². The molecular formula is C32H31N3OS. The van der Waals surface area contributed by atoms with E-state index in [0.29, 0.717) is 17.8 Å². The highest BCUT2D eigenvalue weighted by Gasteiger charge is 2.66. The van der Waals surface area contributed by atoms with Crippen LogP contribution >= 0.6 is 11.8 Å². The lowest BCUT2D eigenvalue weighted by molar-refractivity contribution is -0.145. The second-order valence-electron chi connectivity index (χ2n) is 12.1. The van der Waals surface area contributed by atoms with E-state index >= 15 is 4.79 Å². The number of nitrogens with zero attached hydrogens (tertiary/aromatic N) is 3. The number of fused-ring (bicyclic) bond motifs is 3. The molecule has 2 aliphatic heterocycles. The van der Waals surface area contributed by atoms with Crippen molar-refractivity contribution in [3.05, 3.63) is 65.7 Å². The van der Waals surface area contributed by atoms with Gasteiger partial charge in [-0.3, -0.25) is 4.79 Å². The Labute approximate surface area is 223 Å². The van der Waals surface area contributed by atoms with Crippen molar-refractivity contribution >= 4 is 29.3 Å². The van der Waals surface area contributed by atoms with E-state index in [0.717, 1.165) is 41.0 Å². The van der Waals surface area contributed by atoms with Crippen LogP contribution in [0.3, 0.4) is 0 Å². The first-order valence-corrected chi connectivity index (χ1v) is 14.8. The lowest BCUT2D eigenvalue weighted by Crippen LogP contribution is -2.56. The number of Topliss-reactive ketones (excluding diaryl/α,β-unsaturated/α-hetero) is 1. The first-order chi connectivity index (χ1) is 18.0. The first kappa shape index (κ1) is 23.1. The van der Waals surface area contributed by atoms with Crippen molar-refractivity contribution in [1.29, 1.82) is 10.5 Å². The molecule has 1 saturated heterocycles. The fourth-order valence-electron chi connectivity index (χ4n) is 9.15. The maximum atomic E-state index is 15.1. The number of benzene rings is 2. The Morgan fingerprint density at radius 3 is 2.16 bits per heavy atom. The van der Waals surface area contributed by atoms with Gasteiger partial charge >= 0.3 is 0 Å². The molecule has 2 heterocycles. The molecule has 0 amide bonds. The van der Waals surface area contributed by atoms with E-state index in [1.54, 1.807) is 11.8 Å². The minimum absolute atomic E-state index is 0.285. The quantitative estimate of drug-likeness (QED) is 0.438. The highest BCUT2D eigenvalue weighted by Crippen LogP contribution is 2.63. The van der Waals surface area contributed by atoms with Crippen LogP contribution in [-0.4, -0.2) is 24.1 Å². The summed E-state index contributed by atoms with van der Waals surface area (Å²) < 4.78 is 0. The minimum atomic E-state index is -1.35. The molecule has 2 aromatic carbocycles. The van der Waals surface area contributed by atoms with Crippen LogP contribution in [0.15, 0.2) is 59.5 Å². The number of carbonyl (C=O) groups excluding carboxylic acids is 1. The van der Waals surface area contributed by atoms with Gasteiger partial charge in [0.2, 0.25) is 0 Å². The van der Waals surface area contributed by atoms with Gasteiger partial charge in [-0.25, -0.2) is 0 Å². The number of hydrogen-bond donors (Lipinski definition) is 0. The number of rotatable bonds is 4. The lowest BCUT2D eigenvalue weighted by Gasteiger charge is -2.57. The van der Waals surface area contributed by atoms with Gasteiger partial charge < -0.3 is 4.90 Å². The number of nitriles is 2. The maximum absolute atomic E-state index is 15.1. The Kier molecular flexibility index (Phi) is 5.15. The molecule has 4 bridgehead atoms. The van der Waals surface area contributed by atoms with E-state index in [4.69, 9.17) is 0 Å². The van der Waals surface area contributed by atoms with E-state index in [1.807, 2.05) is 42.7 Å². The molecule has 6 aliphatic rings. The SMILES string of the molecule is CSc1ccc([C@@H]2[C@H](C(=O)C34CC5CC(CC(C5)C3)C4)N3c4ccccc4C=C[C@H]3C2(C#N)C#N)cc1. The number of ketones is 1. The third kappa shape index (κ3) is 3.17. The van der Waals surface area contributed by atoms with Crippen LogP contribution in [-0.2, 0) is 4.79 Å². The average Bonchev–Trinajstić information content (AvgIpc) is 3.23. The molecule has 37 heavy (non-hydrogen) atoms. The number of hydrogen-bond acceptors (Lipinski definition) is 5. The predicted molar refractivity (Wildman–Crippen MR) is 146 cm³/mol. The van der Waals surface area contributed by atoms with Crippen LogP contribution in [0.2, 0.25) is 0 Å². The van der Waals surface area contributed by atoms with Crippen LogP contribution in [0, 0.1) is 51.2 Å². The first-order valence-electron chi connectivity index (χ1n) is 13.6. The third-order valence-electron chi connectivity index (χ3n) is 10.2. The molecule has 0 radical (unpaired) electrons. The second-order valence-corrected chi connectivity index (χ2v) is 13.0. The Hall–Kier alpha value is -3.02. The summed E-state index contributed by atoms with van der Waals surface area (Å²) in [6.45, 7) is 0. The van der Waals surface area contributed by atoms with Gasteiger partial charge in [0.25, 0.3) is 0 Å². The highest BCUT2D eigenvalue weighted by molar-refractivity contribution is 7.98. The molecule has 3 atom stereocenters. The minimum Gasteiger partial charge on any atom is -0.351 e. The molecule has 5 fully saturated rings. The van der Waals surface area contributed by atoms with Crippen LogP contribution in [0.25, 0.3) is 6.08 Å². The third-order valence-corrected chi connectivity index (χ3v) is 11.0. The average molecular weight is 506 g/mol. The molecule has 0 aromatic heterocycles. The van der Waals surface area contributed by atoms with Crippen LogP contribution in [0.4, 0.5) is 5.69 Å². The molecule has 4 aliphatic carbocycles. The standard InChI is InChI=1S/C32H31N3OS/c1-37-25-9-6-24(7-10-25)28-29(30(36)31-15-20-12-21(16-31)14-22(13-20)17-31)35-26-5-3-2-4-23(26)8-11-27(35)32(28,18-33)19-34/h2-11,20-22,27-29H,12-17H2,1H3/t20?,21?,22?,27-,28+,29+,31?/m0/s1. The predicted octanol–water partition coefficient (Wildman–Crippen LogP) is 6.60. The van der Waals surface area contributed by atoms with Gasteiger partial charge in [-0.05, 0) is 91.9 Å². The number of anilines is 1. The molecule has 4 nitrogen and oxygen atoms in total. The fourth-order valence-corrected chi connectivity index (χ4v) is 9.55. The second kappa shape index (κ2) is 8.24. The Balaban J connectivity index is 1.43. The molecule has 8 rings (SSSR count). The van der Waals surface area contributed by atoms with Gasteiger partial charge in [0, 0.05) is 21.9 Å². The molecule has 186 valence electrons. The van der Waals surface area contributed by atoms with Crippen LogP contribution in [0.1, 0.15) is 55.6 Å². The van der Waals surface area contributed by atoms with Gasteiger partial charge in [0.15, 0.2) is 11.2 Å². The van der Waals surface area contributed by atoms with Crippen molar-refractivity contribution < 1.29 is 4.79 Å². The summed E-state index contributed by atoms with van der Waals surface area (Å²) in [5, 5.41) is 21.4. The zero-order valence-electron chi connectivity index (χ0n) is 21.1. The van der Waals surface area contributed by atoms with Gasteiger partial charge in [-0.1, -0.05) is 42.5 Å². The maximum Gasteiger partial charge on any atom is 0.176 e. The topological polar surface area (TPSA) is 67.9 Å². The van der Waals surface area contributed by atoms with Gasteiger partial charge in [0.05, 0.1) is 24.2 Å². The lowest BCUT2D eigenvalue weighted by atomic mass is 9.47. The molecule has 5 heteroatoms. The summed E-state index contributed by atoms with van der Waals surface area (Å²) in [6, 6.07) is 20.3. The molecule has 0 N–H and O–H groups in total. The van der Waals surface area contributed by atoms with Crippen LogP contribution < -0.4 is 4.90 Å². The van der Waals surface area contributed by atoms with Crippen molar-refractivity contribution in [3.63, 3.8) is 0 Å².